The molecule has 1 N–H and O–H groups in total. The molecular weight excluding hydrogens is 354 g/mol. The first kappa shape index (κ1) is 19.2. The van der Waals surface area contributed by atoms with E-state index in [0.29, 0.717) is 6.04 Å². The maximum Gasteiger partial charge on any atom is 0.214 e. The molecule has 1 aromatic carbocycles. The van der Waals surface area contributed by atoms with Crippen LogP contribution in [0.3, 0.4) is 0 Å². The van der Waals surface area contributed by atoms with E-state index in [2.05, 4.69) is 33.2 Å². The summed E-state index contributed by atoms with van der Waals surface area (Å²) in [7, 11) is 3.41. The van der Waals surface area contributed by atoms with Gasteiger partial charge in [-0.15, -0.1) is 5.10 Å². The third kappa shape index (κ3) is 3.72. The van der Waals surface area contributed by atoms with E-state index >= 15 is 0 Å². The first-order chi connectivity index (χ1) is 13.7. The molecule has 1 saturated heterocycles. The summed E-state index contributed by atoms with van der Waals surface area (Å²) in [6.07, 6.45) is 7.31. The van der Waals surface area contributed by atoms with Crippen molar-refractivity contribution in [3.05, 3.63) is 29.6 Å². The van der Waals surface area contributed by atoms with Crippen LogP contribution < -0.4 is 14.4 Å². The van der Waals surface area contributed by atoms with Crippen molar-refractivity contribution < 1.29 is 14.4 Å². The van der Waals surface area contributed by atoms with Crippen molar-refractivity contribution in [2.45, 2.75) is 57.5 Å². The van der Waals surface area contributed by atoms with Crippen LogP contribution in [-0.4, -0.2) is 47.5 Å². The second kappa shape index (κ2) is 8.47. The van der Waals surface area contributed by atoms with Crippen molar-refractivity contribution in [1.29, 1.82) is 0 Å². The molecule has 7 nitrogen and oxygen atoms in total. The second-order valence-corrected chi connectivity index (χ2v) is 8.30. The zero-order valence-corrected chi connectivity index (χ0v) is 17.2. The molecule has 7 heteroatoms. The summed E-state index contributed by atoms with van der Waals surface area (Å²) in [6, 6.07) is 6.60. The highest BCUT2D eigenvalue weighted by molar-refractivity contribution is 5.43. The van der Waals surface area contributed by atoms with Gasteiger partial charge in [-0.1, -0.05) is 19.8 Å². The molecule has 2 aromatic rings. The van der Waals surface area contributed by atoms with E-state index < -0.39 is 0 Å². The summed E-state index contributed by atoms with van der Waals surface area (Å²) in [5, 5.41) is 13.1. The fourth-order valence-corrected chi connectivity index (χ4v) is 4.82. The van der Waals surface area contributed by atoms with E-state index in [1.165, 1.54) is 30.6 Å². The van der Waals surface area contributed by atoms with Crippen molar-refractivity contribution in [3.8, 4) is 11.5 Å². The molecule has 0 amide bonds. The van der Waals surface area contributed by atoms with Gasteiger partial charge in [-0.2, -0.15) is 0 Å². The number of benzene rings is 1. The van der Waals surface area contributed by atoms with Crippen LogP contribution in [0, 0.1) is 5.92 Å². The molecule has 2 fully saturated rings. The van der Waals surface area contributed by atoms with Gasteiger partial charge >= 0.3 is 0 Å². The summed E-state index contributed by atoms with van der Waals surface area (Å²) >= 11 is 0. The maximum absolute atomic E-state index is 5.77. The van der Waals surface area contributed by atoms with Crippen LogP contribution in [0.1, 0.15) is 68.9 Å². The molecule has 0 unspecified atom stereocenters. The molecule has 152 valence electrons. The Morgan fingerprint density at radius 2 is 1.82 bits per heavy atom. The first-order valence-corrected chi connectivity index (χ1v) is 10.6. The molecule has 0 bridgehead atoms. The molecule has 2 heterocycles. The topological polar surface area (TPSA) is 66.5 Å². The Morgan fingerprint density at radius 1 is 1.07 bits per heavy atom. The number of rotatable bonds is 6. The fourth-order valence-electron chi connectivity index (χ4n) is 4.82. The third-order valence-corrected chi connectivity index (χ3v) is 6.52. The minimum atomic E-state index is 0.0731. The average Bonchev–Trinajstić information content (AvgIpc) is 3.41. The van der Waals surface area contributed by atoms with Crippen molar-refractivity contribution in [2.24, 2.45) is 5.92 Å². The van der Waals surface area contributed by atoms with Crippen LogP contribution in [0.25, 0.3) is 0 Å². The Kier molecular flexibility index (Phi) is 5.80. The molecule has 1 saturated carbocycles. The number of tetrazole rings is 1. The number of piperidine rings is 1. The number of ether oxygens (including phenoxy) is 2. The molecule has 2 aliphatic rings. The van der Waals surface area contributed by atoms with Crippen molar-refractivity contribution in [1.82, 2.24) is 20.2 Å². The van der Waals surface area contributed by atoms with E-state index in [-0.39, 0.29) is 6.04 Å². The zero-order chi connectivity index (χ0) is 19.5. The molecule has 1 atom stereocenters. The largest absolute Gasteiger partial charge is 0.497 e. The van der Waals surface area contributed by atoms with Gasteiger partial charge in [-0.3, -0.25) is 0 Å². The number of likely N-dealkylation sites (tertiary alicyclic amines) is 1. The molecular formula is C21H32N5O2+. The quantitative estimate of drug-likeness (QED) is 0.825. The maximum atomic E-state index is 5.77. The van der Waals surface area contributed by atoms with Crippen LogP contribution in [0.2, 0.25) is 0 Å². The van der Waals surface area contributed by atoms with Crippen LogP contribution >= 0.6 is 0 Å². The Bertz CT molecular complexity index is 779. The van der Waals surface area contributed by atoms with Crippen LogP contribution in [0.15, 0.2) is 18.2 Å². The van der Waals surface area contributed by atoms with Gasteiger partial charge in [0.25, 0.3) is 0 Å². The highest BCUT2D eigenvalue weighted by Gasteiger charge is 2.37. The van der Waals surface area contributed by atoms with Crippen LogP contribution in [0.4, 0.5) is 0 Å². The highest BCUT2D eigenvalue weighted by Crippen LogP contribution is 2.35. The van der Waals surface area contributed by atoms with Gasteiger partial charge in [-0.25, -0.2) is 4.68 Å². The number of nitrogens with one attached hydrogen (secondary N) is 1. The third-order valence-electron chi connectivity index (χ3n) is 6.52. The smallest absolute Gasteiger partial charge is 0.214 e. The number of methoxy groups -OCH3 is 2. The fraction of sp³-hybridized carbons (Fsp3) is 0.667. The van der Waals surface area contributed by atoms with Crippen LogP contribution in [-0.2, 0) is 0 Å². The van der Waals surface area contributed by atoms with Crippen LogP contribution in [0.5, 0.6) is 11.5 Å². The average molecular weight is 387 g/mol. The van der Waals surface area contributed by atoms with Crippen molar-refractivity contribution in [3.63, 3.8) is 0 Å². The molecule has 28 heavy (non-hydrogen) atoms. The molecule has 1 aliphatic carbocycles. The molecule has 0 spiro atoms. The van der Waals surface area contributed by atoms with Gasteiger partial charge in [0.05, 0.1) is 38.9 Å². The number of quaternary nitrogens is 1. The van der Waals surface area contributed by atoms with E-state index in [9.17, 15) is 0 Å². The molecule has 1 aliphatic heterocycles. The molecule has 1 aromatic heterocycles. The number of aromatic nitrogens is 4. The monoisotopic (exact) mass is 386 g/mol. The lowest BCUT2D eigenvalue weighted by Gasteiger charge is -2.34. The lowest BCUT2D eigenvalue weighted by Crippen LogP contribution is -3.13. The highest BCUT2D eigenvalue weighted by atomic mass is 16.5. The standard InChI is InChI=1S/C21H31N5O2/c1-15-10-12-25(13-11-15)20(18-9-8-17(27-2)14-19(18)28-3)21-22-23-24-26(21)16-6-4-5-7-16/h8-9,14-16,20H,4-7,10-13H2,1-3H3/p+1/t20-/m0/s1. The van der Waals surface area contributed by atoms with E-state index in [1.54, 1.807) is 14.2 Å². The Hall–Kier alpha value is -2.15. The predicted octanol–water partition coefficient (Wildman–Crippen LogP) is 2.21. The number of hydrogen-bond donors (Lipinski definition) is 1. The van der Waals surface area contributed by atoms with Gasteiger partial charge in [0.15, 0.2) is 6.04 Å². The predicted molar refractivity (Wildman–Crippen MR) is 106 cm³/mol. The van der Waals surface area contributed by atoms with Gasteiger partial charge in [0.2, 0.25) is 5.82 Å². The van der Waals surface area contributed by atoms with Gasteiger partial charge in [0, 0.05) is 6.07 Å². The van der Waals surface area contributed by atoms with E-state index in [1.807, 2.05) is 12.1 Å². The summed E-state index contributed by atoms with van der Waals surface area (Å²) in [4.78, 5) is 1.52. The minimum absolute atomic E-state index is 0.0731. The summed E-state index contributed by atoms with van der Waals surface area (Å²) in [5.41, 5.74) is 1.14. The van der Waals surface area contributed by atoms with Crippen molar-refractivity contribution >= 4 is 0 Å². The number of nitrogens with zero attached hydrogens (tertiary/aromatic N) is 4. The van der Waals surface area contributed by atoms with E-state index in [0.717, 1.165) is 54.7 Å². The van der Waals surface area contributed by atoms with Gasteiger partial charge in [-0.05, 0) is 54.2 Å². The van der Waals surface area contributed by atoms with Gasteiger partial charge < -0.3 is 14.4 Å². The summed E-state index contributed by atoms with van der Waals surface area (Å²) in [5.74, 6) is 3.40. The first-order valence-electron chi connectivity index (χ1n) is 10.6. The second-order valence-electron chi connectivity index (χ2n) is 8.30. The number of hydrogen-bond acceptors (Lipinski definition) is 5. The van der Waals surface area contributed by atoms with Crippen molar-refractivity contribution in [2.75, 3.05) is 27.3 Å². The molecule has 4 rings (SSSR count). The lowest BCUT2D eigenvalue weighted by molar-refractivity contribution is -0.932. The van der Waals surface area contributed by atoms with Gasteiger partial charge in [0.1, 0.15) is 11.5 Å². The zero-order valence-electron chi connectivity index (χ0n) is 17.2. The summed E-state index contributed by atoms with van der Waals surface area (Å²) in [6.45, 7) is 4.60. The Labute approximate surface area is 167 Å². The molecule has 0 radical (unpaired) electrons. The minimum Gasteiger partial charge on any atom is -0.497 e. The summed E-state index contributed by atoms with van der Waals surface area (Å²) < 4.78 is 13.3. The SMILES string of the molecule is COc1ccc([C@@H](c2nnnn2C2CCCC2)[NH+]2CCC(C)CC2)c(OC)c1. The Balaban J connectivity index is 1.76. The Morgan fingerprint density at radius 3 is 2.50 bits per heavy atom. The normalized spacial score (nSPS) is 24.2. The lowest BCUT2D eigenvalue weighted by atomic mass is 9.94. The van der Waals surface area contributed by atoms with E-state index in [4.69, 9.17) is 9.47 Å².